The molecule has 3 rings (SSSR count). The molecule has 1 N–H and O–H groups in total. The lowest BCUT2D eigenvalue weighted by Gasteiger charge is -2.34. The highest BCUT2D eigenvalue weighted by Gasteiger charge is 2.22. The number of anilines is 3. The number of hydrogen-bond acceptors (Lipinski definition) is 7. The molecule has 8 nitrogen and oxygen atoms in total. The molecule has 0 radical (unpaired) electrons. The van der Waals surface area contributed by atoms with Crippen molar-refractivity contribution < 1.29 is 9.53 Å². The van der Waals surface area contributed by atoms with Gasteiger partial charge in [-0.3, -0.25) is 0 Å². The Balaban J connectivity index is 1.65. The van der Waals surface area contributed by atoms with Crippen LogP contribution in [0.5, 0.6) is 0 Å². The second-order valence-electron chi connectivity index (χ2n) is 5.73. The van der Waals surface area contributed by atoms with Gasteiger partial charge in [-0.15, -0.1) is 0 Å². The van der Waals surface area contributed by atoms with Crippen molar-refractivity contribution in [2.75, 3.05) is 43.0 Å². The third-order valence-corrected chi connectivity index (χ3v) is 4.02. The van der Waals surface area contributed by atoms with Crippen molar-refractivity contribution in [2.24, 2.45) is 0 Å². The first-order valence-corrected chi connectivity index (χ1v) is 8.46. The third-order valence-electron chi connectivity index (χ3n) is 4.02. The van der Waals surface area contributed by atoms with Crippen LogP contribution in [-0.4, -0.2) is 53.7 Å². The molecule has 2 heterocycles. The lowest BCUT2D eigenvalue weighted by Crippen LogP contribution is -2.49. The molecule has 1 aliphatic heterocycles. The molecule has 2 aromatic rings. The molecule has 0 unspecified atom stereocenters. The molecule has 1 aromatic heterocycles. The van der Waals surface area contributed by atoms with Crippen molar-refractivity contribution in [2.45, 2.75) is 6.92 Å². The zero-order valence-corrected chi connectivity index (χ0v) is 14.6. The van der Waals surface area contributed by atoms with Gasteiger partial charge in [-0.1, -0.05) is 6.07 Å². The first-order valence-electron chi connectivity index (χ1n) is 8.46. The number of nitriles is 1. The first-order chi connectivity index (χ1) is 12.7. The van der Waals surface area contributed by atoms with Gasteiger partial charge in [-0.05, 0) is 31.2 Å². The van der Waals surface area contributed by atoms with Crippen molar-refractivity contribution in [3.8, 4) is 6.07 Å². The standard InChI is InChI=1S/C18H20N6O2/c1-2-26-18(25)24-10-8-23(9-11-24)16-6-7-20-17(22-16)21-15-5-3-4-14(12-15)13-19/h3-7,12H,2,8-11H2,1H3,(H,20,21,22). The highest BCUT2D eigenvalue weighted by atomic mass is 16.6. The summed E-state index contributed by atoms with van der Waals surface area (Å²) in [7, 11) is 0. The molecule has 0 atom stereocenters. The van der Waals surface area contributed by atoms with Gasteiger partial charge in [0.25, 0.3) is 0 Å². The normalized spacial score (nSPS) is 13.8. The van der Waals surface area contributed by atoms with Crippen LogP contribution in [0.4, 0.5) is 22.2 Å². The van der Waals surface area contributed by atoms with Crippen molar-refractivity contribution in [3.05, 3.63) is 42.1 Å². The van der Waals surface area contributed by atoms with Gasteiger partial charge < -0.3 is 19.9 Å². The predicted octanol–water partition coefficient (Wildman–Crippen LogP) is 2.37. The molecule has 0 saturated carbocycles. The molecular formula is C18H20N6O2. The minimum Gasteiger partial charge on any atom is -0.450 e. The van der Waals surface area contributed by atoms with Gasteiger partial charge in [-0.25, -0.2) is 9.78 Å². The van der Waals surface area contributed by atoms with E-state index in [2.05, 4.69) is 26.3 Å². The van der Waals surface area contributed by atoms with E-state index < -0.39 is 0 Å². The van der Waals surface area contributed by atoms with Gasteiger partial charge in [0.1, 0.15) is 5.82 Å². The monoisotopic (exact) mass is 352 g/mol. The molecular weight excluding hydrogens is 332 g/mol. The van der Waals surface area contributed by atoms with Gasteiger partial charge in [0.15, 0.2) is 0 Å². The number of piperazine rings is 1. The topological polar surface area (TPSA) is 94.4 Å². The highest BCUT2D eigenvalue weighted by molar-refractivity contribution is 5.68. The Morgan fingerprint density at radius 3 is 2.85 bits per heavy atom. The summed E-state index contributed by atoms with van der Waals surface area (Å²) in [5, 5.41) is 12.1. The van der Waals surface area contributed by atoms with Crippen LogP contribution in [0, 0.1) is 11.3 Å². The fourth-order valence-electron chi connectivity index (χ4n) is 2.71. The van der Waals surface area contributed by atoms with Gasteiger partial charge in [0, 0.05) is 38.1 Å². The number of nitrogens with one attached hydrogen (secondary N) is 1. The van der Waals surface area contributed by atoms with Crippen LogP contribution >= 0.6 is 0 Å². The fraction of sp³-hybridized carbons (Fsp3) is 0.333. The number of rotatable bonds is 4. The molecule has 1 saturated heterocycles. The number of nitrogens with zero attached hydrogens (tertiary/aromatic N) is 5. The van der Waals surface area contributed by atoms with Gasteiger partial charge in [0.05, 0.1) is 18.2 Å². The molecule has 1 aliphatic rings. The zero-order chi connectivity index (χ0) is 18.4. The Labute approximate surface area is 152 Å². The Morgan fingerprint density at radius 1 is 1.31 bits per heavy atom. The maximum absolute atomic E-state index is 11.8. The zero-order valence-electron chi connectivity index (χ0n) is 14.6. The van der Waals surface area contributed by atoms with E-state index in [1.807, 2.05) is 12.1 Å². The van der Waals surface area contributed by atoms with E-state index >= 15 is 0 Å². The van der Waals surface area contributed by atoms with E-state index in [0.29, 0.717) is 44.3 Å². The predicted molar refractivity (Wildman–Crippen MR) is 97.3 cm³/mol. The van der Waals surface area contributed by atoms with Crippen LogP contribution in [0.15, 0.2) is 36.5 Å². The van der Waals surface area contributed by atoms with Gasteiger partial charge in [0.2, 0.25) is 5.95 Å². The van der Waals surface area contributed by atoms with Crippen LogP contribution < -0.4 is 10.2 Å². The third kappa shape index (κ3) is 4.19. The van der Waals surface area contributed by atoms with Crippen LogP contribution in [0.3, 0.4) is 0 Å². The summed E-state index contributed by atoms with van der Waals surface area (Å²) in [6.45, 7) is 4.73. The van der Waals surface area contributed by atoms with Crippen molar-refractivity contribution in [3.63, 3.8) is 0 Å². The van der Waals surface area contributed by atoms with E-state index in [0.717, 1.165) is 11.5 Å². The Hall–Kier alpha value is -3.34. The van der Waals surface area contributed by atoms with E-state index in [4.69, 9.17) is 10.00 Å². The Bertz CT molecular complexity index is 811. The summed E-state index contributed by atoms with van der Waals surface area (Å²) in [4.78, 5) is 24.4. The number of hydrogen-bond donors (Lipinski definition) is 1. The molecule has 0 aliphatic carbocycles. The second-order valence-corrected chi connectivity index (χ2v) is 5.73. The van der Waals surface area contributed by atoms with Crippen LogP contribution in [0.1, 0.15) is 12.5 Å². The summed E-state index contributed by atoms with van der Waals surface area (Å²) < 4.78 is 5.04. The average Bonchev–Trinajstić information content (AvgIpc) is 2.69. The smallest absolute Gasteiger partial charge is 0.409 e. The van der Waals surface area contributed by atoms with Crippen molar-refractivity contribution >= 4 is 23.5 Å². The molecule has 1 amide bonds. The number of carbonyl (C=O) groups excluding carboxylic acids is 1. The molecule has 1 aromatic carbocycles. The highest BCUT2D eigenvalue weighted by Crippen LogP contribution is 2.18. The summed E-state index contributed by atoms with van der Waals surface area (Å²) in [5.41, 5.74) is 1.33. The maximum atomic E-state index is 11.8. The largest absolute Gasteiger partial charge is 0.450 e. The van der Waals surface area contributed by atoms with Crippen molar-refractivity contribution in [1.29, 1.82) is 5.26 Å². The molecule has 8 heteroatoms. The number of amides is 1. The lowest BCUT2D eigenvalue weighted by atomic mass is 10.2. The lowest BCUT2D eigenvalue weighted by molar-refractivity contribution is 0.105. The molecule has 0 spiro atoms. The molecule has 26 heavy (non-hydrogen) atoms. The van der Waals surface area contributed by atoms with Crippen molar-refractivity contribution in [1.82, 2.24) is 14.9 Å². The summed E-state index contributed by atoms with van der Waals surface area (Å²) in [6.07, 6.45) is 1.42. The number of aromatic nitrogens is 2. The summed E-state index contributed by atoms with van der Waals surface area (Å²) >= 11 is 0. The van der Waals surface area contributed by atoms with E-state index in [9.17, 15) is 4.79 Å². The molecule has 1 fully saturated rings. The average molecular weight is 352 g/mol. The van der Waals surface area contributed by atoms with Gasteiger partial charge >= 0.3 is 6.09 Å². The van der Waals surface area contributed by atoms with Crippen LogP contribution in [0.2, 0.25) is 0 Å². The van der Waals surface area contributed by atoms with Gasteiger partial charge in [-0.2, -0.15) is 10.2 Å². The minimum absolute atomic E-state index is 0.269. The Morgan fingerprint density at radius 2 is 2.12 bits per heavy atom. The number of benzene rings is 1. The Kier molecular flexibility index (Phi) is 5.49. The first kappa shape index (κ1) is 17.5. The summed E-state index contributed by atoms with van der Waals surface area (Å²) in [5.74, 6) is 1.26. The second kappa shape index (κ2) is 8.16. The van der Waals surface area contributed by atoms with E-state index in [-0.39, 0.29) is 6.09 Å². The minimum atomic E-state index is -0.269. The summed E-state index contributed by atoms with van der Waals surface area (Å²) in [6, 6.07) is 11.1. The SMILES string of the molecule is CCOC(=O)N1CCN(c2ccnc(Nc3cccc(C#N)c3)n2)CC1. The van der Waals surface area contributed by atoms with E-state index in [1.54, 1.807) is 36.2 Å². The van der Waals surface area contributed by atoms with Crippen LogP contribution in [0.25, 0.3) is 0 Å². The van der Waals surface area contributed by atoms with E-state index in [1.165, 1.54) is 0 Å². The van der Waals surface area contributed by atoms with Crippen LogP contribution in [-0.2, 0) is 4.74 Å². The number of carbonyl (C=O) groups is 1. The number of ether oxygens (including phenoxy) is 1. The quantitative estimate of drug-likeness (QED) is 0.902. The fourth-order valence-corrected chi connectivity index (χ4v) is 2.71. The molecule has 134 valence electrons. The maximum Gasteiger partial charge on any atom is 0.409 e. The molecule has 0 bridgehead atoms.